The highest BCUT2D eigenvalue weighted by Crippen LogP contribution is 2.28. The molecule has 29 heavy (non-hydrogen) atoms. The number of hydrogen-bond acceptors (Lipinski definition) is 6. The number of carbonyl (C=O) groups excluding carboxylic acids is 2. The molecular weight excluding hydrogens is 432 g/mol. The molecule has 11 heteroatoms. The molecule has 0 aromatic carbocycles. The molecule has 3 amide bonds. The number of nitrogens with two attached hydrogens (primary N) is 1. The zero-order valence-electron chi connectivity index (χ0n) is 16.3. The van der Waals surface area contributed by atoms with Gasteiger partial charge in [0.1, 0.15) is 0 Å². The average Bonchev–Trinajstić information content (AvgIpc) is 3.30. The van der Waals surface area contributed by atoms with Crippen molar-refractivity contribution in [2.75, 3.05) is 26.2 Å². The van der Waals surface area contributed by atoms with Gasteiger partial charge in [0.2, 0.25) is 15.9 Å². The van der Waals surface area contributed by atoms with Crippen LogP contribution in [0.5, 0.6) is 0 Å². The molecule has 8 nitrogen and oxygen atoms in total. The van der Waals surface area contributed by atoms with Gasteiger partial charge in [-0.05, 0) is 31.4 Å². The molecule has 2 aromatic rings. The van der Waals surface area contributed by atoms with E-state index in [9.17, 15) is 18.0 Å². The zero-order chi connectivity index (χ0) is 21.2. The summed E-state index contributed by atoms with van der Waals surface area (Å²) in [5, 5.41) is 4.48. The largest absolute Gasteiger partial charge is 0.352 e. The summed E-state index contributed by atoms with van der Waals surface area (Å²) in [6, 6.07) is 4.21. The molecule has 3 N–H and O–H groups in total. The van der Waals surface area contributed by atoms with Gasteiger partial charge < -0.3 is 16.0 Å². The highest BCUT2D eigenvalue weighted by atomic mass is 32.2. The van der Waals surface area contributed by atoms with Crippen LogP contribution in [0.4, 0.5) is 4.79 Å². The number of carbonyl (C=O) groups is 2. The summed E-state index contributed by atoms with van der Waals surface area (Å²) in [6.07, 6.45) is 0.0824. The lowest BCUT2D eigenvalue weighted by molar-refractivity contribution is -0.132. The van der Waals surface area contributed by atoms with E-state index in [0.29, 0.717) is 18.0 Å². The predicted octanol–water partition coefficient (Wildman–Crippen LogP) is 2.06. The lowest BCUT2D eigenvalue weighted by Crippen LogP contribution is -2.51. The van der Waals surface area contributed by atoms with E-state index in [1.54, 1.807) is 17.9 Å². The maximum atomic E-state index is 12.9. The Balaban J connectivity index is 1.63. The Labute approximate surface area is 178 Å². The fourth-order valence-corrected chi connectivity index (χ4v) is 7.09. The Hall–Kier alpha value is -1.95. The number of amides is 3. The molecule has 1 atom stereocenters. The van der Waals surface area contributed by atoms with E-state index >= 15 is 0 Å². The number of nitrogens with one attached hydrogen (secondary N) is 1. The molecule has 1 aliphatic heterocycles. The van der Waals surface area contributed by atoms with E-state index in [-0.39, 0.29) is 25.4 Å². The van der Waals surface area contributed by atoms with Gasteiger partial charge >= 0.3 is 6.03 Å². The number of primary amides is 1. The number of urea groups is 1. The quantitative estimate of drug-likeness (QED) is 0.693. The molecule has 3 rings (SSSR count). The average molecular weight is 457 g/mol. The molecule has 158 valence electrons. The second-order valence-electron chi connectivity index (χ2n) is 6.84. The first kappa shape index (κ1) is 21.8. The Morgan fingerprint density at radius 1 is 1.24 bits per heavy atom. The first-order valence-electron chi connectivity index (χ1n) is 9.13. The normalized spacial score (nSPS) is 16.6. The minimum absolute atomic E-state index is 0.0824. The Morgan fingerprint density at radius 2 is 1.93 bits per heavy atom. The van der Waals surface area contributed by atoms with Gasteiger partial charge in [-0.3, -0.25) is 4.79 Å². The molecule has 2 aromatic heterocycles. The zero-order valence-corrected chi connectivity index (χ0v) is 18.7. The van der Waals surface area contributed by atoms with E-state index in [1.165, 1.54) is 27.0 Å². The number of hydrogen-bond donors (Lipinski definition) is 2. The number of rotatable bonds is 6. The van der Waals surface area contributed by atoms with E-state index < -0.39 is 22.1 Å². The Morgan fingerprint density at radius 3 is 2.45 bits per heavy atom. The summed E-state index contributed by atoms with van der Waals surface area (Å²) in [7, 11) is -3.56. The topological polar surface area (TPSA) is 113 Å². The summed E-state index contributed by atoms with van der Waals surface area (Å²) >= 11 is 2.90. The van der Waals surface area contributed by atoms with Crippen LogP contribution in [-0.2, 0) is 14.8 Å². The summed E-state index contributed by atoms with van der Waals surface area (Å²) in [5.74, 6) is -0.142. The van der Waals surface area contributed by atoms with Crippen molar-refractivity contribution < 1.29 is 18.0 Å². The number of aryl methyl sites for hydroxylation is 2. The third-order valence-corrected chi connectivity index (χ3v) is 8.89. The SMILES string of the molecule is Cc1cc(S(=O)(=O)N2CCN(C(=O)CC(NC(N)=O)c3cccs3)CC2)c(C)s1. The van der Waals surface area contributed by atoms with Crippen LogP contribution in [-0.4, -0.2) is 55.7 Å². The van der Waals surface area contributed by atoms with Crippen molar-refractivity contribution in [1.29, 1.82) is 0 Å². The van der Waals surface area contributed by atoms with Gasteiger partial charge in [0.05, 0.1) is 17.4 Å². The van der Waals surface area contributed by atoms with Crippen LogP contribution in [0.2, 0.25) is 0 Å². The van der Waals surface area contributed by atoms with Crippen molar-refractivity contribution >= 4 is 44.6 Å². The van der Waals surface area contributed by atoms with E-state index in [1.807, 2.05) is 24.4 Å². The number of sulfonamides is 1. The molecule has 1 unspecified atom stereocenters. The summed E-state index contributed by atoms with van der Waals surface area (Å²) < 4.78 is 27.3. The predicted molar refractivity (Wildman–Crippen MR) is 114 cm³/mol. The maximum Gasteiger partial charge on any atom is 0.312 e. The molecule has 0 saturated carbocycles. The van der Waals surface area contributed by atoms with Crippen LogP contribution < -0.4 is 11.1 Å². The van der Waals surface area contributed by atoms with Gasteiger partial charge in [-0.2, -0.15) is 4.31 Å². The monoisotopic (exact) mass is 456 g/mol. The van der Waals surface area contributed by atoms with Crippen molar-refractivity contribution in [1.82, 2.24) is 14.5 Å². The fourth-order valence-electron chi connectivity index (χ4n) is 3.37. The van der Waals surface area contributed by atoms with Crippen molar-refractivity contribution in [2.45, 2.75) is 31.2 Å². The van der Waals surface area contributed by atoms with Crippen molar-refractivity contribution in [2.24, 2.45) is 5.73 Å². The number of piperazine rings is 1. The minimum atomic E-state index is -3.56. The summed E-state index contributed by atoms with van der Waals surface area (Å²) in [4.78, 5) is 28.6. The second kappa shape index (κ2) is 8.82. The Bertz CT molecular complexity index is 977. The second-order valence-corrected chi connectivity index (χ2v) is 11.2. The van der Waals surface area contributed by atoms with Crippen LogP contribution in [0.25, 0.3) is 0 Å². The van der Waals surface area contributed by atoms with Crippen LogP contribution in [0, 0.1) is 13.8 Å². The molecule has 0 spiro atoms. The van der Waals surface area contributed by atoms with Gasteiger partial charge in [-0.1, -0.05) is 6.07 Å². The summed E-state index contributed by atoms with van der Waals surface area (Å²) in [6.45, 7) is 4.81. The molecule has 3 heterocycles. The number of thiophene rings is 2. The van der Waals surface area contributed by atoms with Gasteiger partial charge in [0, 0.05) is 40.8 Å². The van der Waals surface area contributed by atoms with E-state index in [0.717, 1.165) is 14.6 Å². The van der Waals surface area contributed by atoms with Gasteiger partial charge in [-0.25, -0.2) is 13.2 Å². The fraction of sp³-hybridized carbons (Fsp3) is 0.444. The van der Waals surface area contributed by atoms with Crippen molar-refractivity contribution in [3.8, 4) is 0 Å². The number of nitrogens with zero attached hydrogens (tertiary/aromatic N) is 2. The minimum Gasteiger partial charge on any atom is -0.352 e. The standard InChI is InChI=1S/C18H24N4O4S3/c1-12-10-16(13(2)28-12)29(25,26)22-7-5-21(6-8-22)17(23)11-14(20-18(19)24)15-4-3-9-27-15/h3-4,9-10,14H,5-8,11H2,1-2H3,(H3,19,20,24). The first-order chi connectivity index (χ1) is 13.7. The van der Waals surface area contributed by atoms with E-state index in [2.05, 4.69) is 5.32 Å². The molecule has 1 saturated heterocycles. The lowest BCUT2D eigenvalue weighted by atomic mass is 10.1. The molecular formula is C18H24N4O4S3. The molecule has 0 aliphatic carbocycles. The van der Waals surface area contributed by atoms with Crippen LogP contribution in [0.1, 0.15) is 27.1 Å². The van der Waals surface area contributed by atoms with Crippen molar-refractivity contribution in [3.63, 3.8) is 0 Å². The smallest absolute Gasteiger partial charge is 0.312 e. The van der Waals surface area contributed by atoms with Gasteiger partial charge in [0.15, 0.2) is 0 Å². The third-order valence-electron chi connectivity index (χ3n) is 4.79. The highest BCUT2D eigenvalue weighted by molar-refractivity contribution is 7.89. The maximum absolute atomic E-state index is 12.9. The van der Waals surface area contributed by atoms with Gasteiger partial charge in [-0.15, -0.1) is 22.7 Å². The first-order valence-corrected chi connectivity index (χ1v) is 12.3. The Kier molecular flexibility index (Phi) is 6.62. The van der Waals surface area contributed by atoms with Crippen molar-refractivity contribution in [3.05, 3.63) is 38.2 Å². The highest BCUT2D eigenvalue weighted by Gasteiger charge is 2.32. The van der Waals surface area contributed by atoms with Crippen LogP contribution >= 0.6 is 22.7 Å². The molecule has 0 radical (unpaired) electrons. The van der Waals surface area contributed by atoms with E-state index in [4.69, 9.17) is 5.73 Å². The summed E-state index contributed by atoms with van der Waals surface area (Å²) in [5.41, 5.74) is 5.25. The van der Waals surface area contributed by atoms with Gasteiger partial charge in [0.25, 0.3) is 0 Å². The van der Waals surface area contributed by atoms with Crippen LogP contribution in [0.15, 0.2) is 28.5 Å². The third kappa shape index (κ3) is 4.97. The molecule has 1 aliphatic rings. The lowest BCUT2D eigenvalue weighted by Gasteiger charge is -2.34. The molecule has 1 fully saturated rings. The van der Waals surface area contributed by atoms with Crippen LogP contribution in [0.3, 0.4) is 0 Å². The molecule has 0 bridgehead atoms.